The average molecular weight is 535 g/mol. The van der Waals surface area contributed by atoms with Crippen molar-refractivity contribution in [2.45, 2.75) is 13.1 Å². The van der Waals surface area contributed by atoms with E-state index in [0.29, 0.717) is 28.2 Å². The summed E-state index contributed by atoms with van der Waals surface area (Å²) in [7, 11) is 0. The zero-order valence-corrected chi connectivity index (χ0v) is 20.1. The van der Waals surface area contributed by atoms with Gasteiger partial charge in [-0.05, 0) is 67.6 Å². The molecule has 0 bridgehead atoms. The fourth-order valence-corrected chi connectivity index (χ4v) is 3.77. The lowest BCUT2D eigenvalue weighted by atomic mass is 10.1. The first-order chi connectivity index (χ1) is 18.6. The number of hydrogen-bond acceptors (Lipinski definition) is 6. The first-order valence-corrected chi connectivity index (χ1v) is 11.4. The molecule has 0 aliphatic heterocycles. The largest absolute Gasteiger partial charge is 0.493 e. The number of fused-ring (bicyclic) bond motifs is 1. The van der Waals surface area contributed by atoms with Crippen LogP contribution in [0.4, 0.5) is 23.4 Å². The summed E-state index contributed by atoms with van der Waals surface area (Å²) in [6.07, 6.45) is -2.63. The van der Waals surface area contributed by atoms with Crippen LogP contribution in [-0.4, -0.2) is 37.6 Å². The summed E-state index contributed by atoms with van der Waals surface area (Å²) in [6, 6.07) is 17.6. The van der Waals surface area contributed by atoms with E-state index < -0.39 is 29.7 Å². The first-order valence-electron chi connectivity index (χ1n) is 11.4. The second-order valence-electron chi connectivity index (χ2n) is 8.35. The third kappa shape index (κ3) is 5.17. The number of carbonyl (C=O) groups is 2. The Morgan fingerprint density at radius 3 is 2.33 bits per heavy atom. The number of halogens is 4. The molecule has 0 unspecified atom stereocenters. The Kier molecular flexibility index (Phi) is 6.52. The highest BCUT2D eigenvalue weighted by molar-refractivity contribution is 6.05. The number of aromatic nitrogens is 4. The highest BCUT2D eigenvalue weighted by Gasteiger charge is 2.44. The molecule has 5 aromatic rings. The number of carbonyl (C=O) groups excluding carboxylic acids is 2. The minimum absolute atomic E-state index is 0.0359. The summed E-state index contributed by atoms with van der Waals surface area (Å²) < 4.78 is 54.4. The molecule has 5 rings (SSSR count). The number of rotatable bonds is 4. The molecular weight excluding hydrogens is 518 g/mol. The van der Waals surface area contributed by atoms with Gasteiger partial charge in [-0.15, -0.1) is 5.06 Å². The van der Waals surface area contributed by atoms with Gasteiger partial charge >= 0.3 is 12.1 Å². The van der Waals surface area contributed by atoms with Gasteiger partial charge in [0.15, 0.2) is 11.5 Å². The Morgan fingerprint density at radius 1 is 0.923 bits per heavy atom. The fraction of sp³-hybridized carbons (Fsp3) is 0.0741. The highest BCUT2D eigenvalue weighted by Crippen LogP contribution is 2.34. The Bertz CT molecular complexity index is 1680. The monoisotopic (exact) mass is 535 g/mol. The fourth-order valence-electron chi connectivity index (χ4n) is 3.77. The number of aryl methyl sites for hydroxylation is 1. The van der Waals surface area contributed by atoms with Crippen molar-refractivity contribution in [2.75, 3.05) is 5.06 Å². The van der Waals surface area contributed by atoms with Gasteiger partial charge in [0.05, 0.1) is 5.69 Å². The maximum absolute atomic E-state index is 13.6. The zero-order chi connectivity index (χ0) is 27.7. The van der Waals surface area contributed by atoms with Gasteiger partial charge in [-0.2, -0.15) is 18.3 Å². The van der Waals surface area contributed by atoms with Gasteiger partial charge in [-0.25, -0.2) is 23.7 Å². The third-order valence-electron chi connectivity index (χ3n) is 5.63. The summed E-state index contributed by atoms with van der Waals surface area (Å²) in [5.74, 6) is -4.50. The van der Waals surface area contributed by atoms with E-state index >= 15 is 0 Å². The van der Waals surface area contributed by atoms with Gasteiger partial charge in [0.1, 0.15) is 11.5 Å². The van der Waals surface area contributed by atoms with E-state index in [1.165, 1.54) is 65.4 Å². The highest BCUT2D eigenvalue weighted by atomic mass is 19.4. The van der Waals surface area contributed by atoms with Crippen LogP contribution >= 0.6 is 0 Å². The summed E-state index contributed by atoms with van der Waals surface area (Å²) in [4.78, 5) is 38.1. The molecule has 1 amide bonds. The van der Waals surface area contributed by atoms with Crippen LogP contribution in [0.5, 0.6) is 0 Å². The molecule has 0 aliphatic carbocycles. The molecule has 0 aliphatic rings. The van der Waals surface area contributed by atoms with E-state index in [1.54, 1.807) is 31.2 Å². The van der Waals surface area contributed by atoms with Crippen molar-refractivity contribution in [3.05, 3.63) is 102 Å². The van der Waals surface area contributed by atoms with Crippen molar-refractivity contribution in [3.8, 4) is 22.5 Å². The molecule has 2 aromatic carbocycles. The minimum atomic E-state index is -5.37. The number of hydrogen-bond donors (Lipinski definition) is 0. The van der Waals surface area contributed by atoms with Crippen LogP contribution in [-0.2, 0) is 9.63 Å². The van der Waals surface area contributed by atoms with Crippen molar-refractivity contribution in [1.29, 1.82) is 0 Å². The number of alkyl halides is 3. The quantitative estimate of drug-likeness (QED) is 0.221. The molecule has 12 heteroatoms. The number of pyridine rings is 1. The lowest BCUT2D eigenvalue weighted by molar-refractivity contribution is -0.200. The molecule has 39 heavy (non-hydrogen) atoms. The molecule has 3 heterocycles. The molecular formula is C27H17F4N5O3. The van der Waals surface area contributed by atoms with Crippen molar-refractivity contribution < 1.29 is 32.0 Å². The van der Waals surface area contributed by atoms with Crippen LogP contribution in [0.3, 0.4) is 0 Å². The lowest BCUT2D eigenvalue weighted by Gasteiger charge is -2.21. The number of hydroxylamine groups is 1. The van der Waals surface area contributed by atoms with E-state index in [1.807, 2.05) is 0 Å². The molecule has 0 saturated carbocycles. The SMILES string of the molecule is Cc1ccc(C(=O)N(OC(=O)C(F)(F)F)c2cc(-c3c(-c4ccc(F)cc4)nc4cccnn34)ccn2)cc1. The van der Waals surface area contributed by atoms with Gasteiger partial charge < -0.3 is 4.84 Å². The third-order valence-corrected chi connectivity index (χ3v) is 5.63. The van der Waals surface area contributed by atoms with E-state index in [9.17, 15) is 27.2 Å². The van der Waals surface area contributed by atoms with Crippen molar-refractivity contribution in [2.24, 2.45) is 0 Å². The van der Waals surface area contributed by atoms with Crippen molar-refractivity contribution in [1.82, 2.24) is 19.6 Å². The second-order valence-corrected chi connectivity index (χ2v) is 8.35. The molecule has 0 spiro atoms. The van der Waals surface area contributed by atoms with E-state index in [4.69, 9.17) is 0 Å². The molecule has 196 valence electrons. The first kappa shape index (κ1) is 25.5. The summed E-state index contributed by atoms with van der Waals surface area (Å²) >= 11 is 0. The van der Waals surface area contributed by atoms with E-state index in [0.717, 1.165) is 5.56 Å². The molecule has 0 N–H and O–H groups in total. The predicted octanol–water partition coefficient (Wildman–Crippen LogP) is 5.57. The van der Waals surface area contributed by atoms with Gasteiger partial charge in [-0.3, -0.25) is 4.79 Å². The standard InChI is InChI=1S/C27H17F4N5O3/c1-16-4-6-18(7-5-16)25(37)36(39-26(38)27(29,30)31)22-15-19(12-14-32-22)24-23(17-8-10-20(28)11-9-17)34-21-3-2-13-33-35(21)24/h2-15H,1H3. The Morgan fingerprint density at radius 2 is 1.64 bits per heavy atom. The molecule has 0 atom stereocenters. The van der Waals surface area contributed by atoms with E-state index in [2.05, 4.69) is 19.9 Å². The Labute approximate surface area is 218 Å². The van der Waals surface area contributed by atoms with Gasteiger partial charge in [0.25, 0.3) is 5.91 Å². The number of nitrogens with zero attached hydrogens (tertiary/aromatic N) is 5. The Hall–Kier alpha value is -5.13. The second kappa shape index (κ2) is 9.97. The van der Waals surface area contributed by atoms with Crippen LogP contribution in [0.25, 0.3) is 28.2 Å². The number of amides is 1. The molecule has 8 nitrogen and oxygen atoms in total. The van der Waals surface area contributed by atoms with E-state index in [-0.39, 0.29) is 10.6 Å². The summed E-state index contributed by atoms with van der Waals surface area (Å²) in [5, 5.41) is 4.51. The molecule has 0 fully saturated rings. The maximum atomic E-state index is 13.6. The van der Waals surface area contributed by atoms with Crippen LogP contribution in [0.2, 0.25) is 0 Å². The molecule has 3 aromatic heterocycles. The Balaban J connectivity index is 1.65. The summed E-state index contributed by atoms with van der Waals surface area (Å²) in [5.41, 5.74) is 2.83. The number of imidazole rings is 1. The van der Waals surface area contributed by atoms with Gasteiger partial charge in [0, 0.05) is 29.1 Å². The maximum Gasteiger partial charge on any atom is 0.493 e. The minimum Gasteiger partial charge on any atom is -0.323 e. The average Bonchev–Trinajstić information content (AvgIpc) is 3.31. The number of benzene rings is 2. The van der Waals surface area contributed by atoms with Gasteiger partial charge in [-0.1, -0.05) is 17.7 Å². The lowest BCUT2D eigenvalue weighted by Crippen LogP contribution is -2.39. The predicted molar refractivity (Wildman–Crippen MR) is 132 cm³/mol. The molecule has 0 saturated heterocycles. The molecule has 0 radical (unpaired) electrons. The summed E-state index contributed by atoms with van der Waals surface area (Å²) in [6.45, 7) is 1.77. The normalized spacial score (nSPS) is 11.4. The topological polar surface area (TPSA) is 89.7 Å². The van der Waals surface area contributed by atoms with Crippen LogP contribution in [0, 0.1) is 12.7 Å². The van der Waals surface area contributed by atoms with Crippen molar-refractivity contribution in [3.63, 3.8) is 0 Å². The zero-order valence-electron chi connectivity index (χ0n) is 20.1. The smallest absolute Gasteiger partial charge is 0.323 e. The number of anilines is 1. The van der Waals surface area contributed by atoms with Gasteiger partial charge in [0.2, 0.25) is 0 Å². The van der Waals surface area contributed by atoms with Crippen molar-refractivity contribution >= 4 is 23.3 Å². The van der Waals surface area contributed by atoms with Crippen LogP contribution in [0.1, 0.15) is 15.9 Å². The van der Waals surface area contributed by atoms with Crippen LogP contribution in [0.15, 0.2) is 85.2 Å². The van der Waals surface area contributed by atoms with Crippen LogP contribution < -0.4 is 5.06 Å².